The highest BCUT2D eigenvalue weighted by Crippen LogP contribution is 2.72. The fraction of sp³-hybridized carbons (Fsp3) is 1.00. The summed E-state index contributed by atoms with van der Waals surface area (Å²) in [4.78, 5) is 0. The molecule has 2 N–H and O–H groups in total. The van der Waals surface area contributed by atoms with E-state index in [1.54, 1.807) is 0 Å². The standard InChI is InChI=1S/C44H81O8P/c1-5-9-17-32(7-3)26-48-28-34(45)30-50-41-25-43(53(47)42-24-16-14-21-38(42)36-19-13-15-23-40(36)52-53)44(39-22-12-11-20-37(39)41)51-31-35(46)29-49-27-33(8-4)18-10-6-2/h32-46H,5-31H2,1-4H3. The van der Waals surface area contributed by atoms with Gasteiger partial charge in [-0.3, -0.25) is 4.57 Å². The monoisotopic (exact) mass is 769 g/mol. The summed E-state index contributed by atoms with van der Waals surface area (Å²) >= 11 is 0. The topological polar surface area (TPSA) is 104 Å². The van der Waals surface area contributed by atoms with E-state index < -0.39 is 19.6 Å². The third kappa shape index (κ3) is 12.0. The fourth-order valence-electron chi connectivity index (χ4n) is 11.2. The Kier molecular flexibility index (Phi) is 18.9. The molecule has 0 spiro atoms. The summed E-state index contributed by atoms with van der Waals surface area (Å²) < 4.78 is 48.8. The average molecular weight is 769 g/mol. The van der Waals surface area contributed by atoms with Gasteiger partial charge in [0, 0.05) is 18.9 Å². The molecule has 8 nitrogen and oxygen atoms in total. The number of ether oxygens (including phenoxy) is 4. The molecule has 5 fully saturated rings. The van der Waals surface area contributed by atoms with Crippen molar-refractivity contribution in [2.24, 2.45) is 35.5 Å². The van der Waals surface area contributed by atoms with Crippen LogP contribution in [0.2, 0.25) is 0 Å². The quantitative estimate of drug-likeness (QED) is 0.0991. The molecule has 53 heavy (non-hydrogen) atoms. The number of unbranched alkanes of at least 4 members (excludes halogenated alkanes) is 2. The normalized spacial score (nSPS) is 36.8. The molecule has 0 bridgehead atoms. The first kappa shape index (κ1) is 44.1. The van der Waals surface area contributed by atoms with Crippen LogP contribution >= 0.6 is 7.37 Å². The second kappa shape index (κ2) is 22.8. The van der Waals surface area contributed by atoms with E-state index in [0.717, 1.165) is 70.6 Å². The number of rotatable bonds is 23. The van der Waals surface area contributed by atoms with Gasteiger partial charge in [0.2, 0.25) is 7.37 Å². The van der Waals surface area contributed by atoms with Gasteiger partial charge in [-0.15, -0.1) is 0 Å². The van der Waals surface area contributed by atoms with E-state index in [-0.39, 0.29) is 67.9 Å². The second-order valence-electron chi connectivity index (χ2n) is 18.1. The van der Waals surface area contributed by atoms with Crippen LogP contribution in [0.5, 0.6) is 0 Å². The summed E-state index contributed by atoms with van der Waals surface area (Å²) in [5.74, 6) is 2.52. The first-order valence-corrected chi connectivity index (χ1v) is 24.6. The predicted molar refractivity (Wildman–Crippen MR) is 214 cm³/mol. The summed E-state index contributed by atoms with van der Waals surface area (Å²) in [6.07, 6.45) is 21.7. The lowest BCUT2D eigenvalue weighted by Gasteiger charge is -2.57. The van der Waals surface area contributed by atoms with Gasteiger partial charge in [0.15, 0.2) is 0 Å². The second-order valence-corrected chi connectivity index (χ2v) is 20.9. The zero-order chi connectivity index (χ0) is 37.6. The molecule has 0 aromatic carbocycles. The van der Waals surface area contributed by atoms with E-state index in [9.17, 15) is 10.2 Å². The lowest BCUT2D eigenvalue weighted by Crippen LogP contribution is -2.56. The molecule has 14 atom stereocenters. The largest absolute Gasteiger partial charge is 0.388 e. The molecule has 4 aliphatic carbocycles. The van der Waals surface area contributed by atoms with Crippen molar-refractivity contribution < 1.29 is 38.2 Å². The molecule has 0 aromatic rings. The SMILES string of the molecule is CCCCC(CC)COCC(O)COC1CC(P2(=O)OC3CCCCC3C3CCCCC32)C(OCC(O)COCC(CC)CCCC)C2CCCCC12. The molecule has 310 valence electrons. The van der Waals surface area contributed by atoms with E-state index >= 15 is 4.57 Å². The van der Waals surface area contributed by atoms with E-state index in [1.165, 1.54) is 57.8 Å². The van der Waals surface area contributed by atoms with E-state index in [4.69, 9.17) is 23.5 Å². The van der Waals surface area contributed by atoms with Gasteiger partial charge in [-0.25, -0.2) is 0 Å². The molecule has 1 heterocycles. The minimum atomic E-state index is -3.17. The van der Waals surface area contributed by atoms with Crippen LogP contribution in [0, 0.1) is 35.5 Å². The van der Waals surface area contributed by atoms with Crippen molar-refractivity contribution in [3.05, 3.63) is 0 Å². The number of aliphatic hydroxyl groups is 2. The smallest absolute Gasteiger partial charge is 0.212 e. The van der Waals surface area contributed by atoms with Gasteiger partial charge in [-0.2, -0.15) is 0 Å². The maximum absolute atomic E-state index is 16.0. The summed E-state index contributed by atoms with van der Waals surface area (Å²) in [5.41, 5.74) is -0.169. The average Bonchev–Trinajstić information content (AvgIpc) is 3.18. The van der Waals surface area contributed by atoms with Crippen molar-refractivity contribution in [2.75, 3.05) is 39.6 Å². The van der Waals surface area contributed by atoms with Crippen molar-refractivity contribution in [3.63, 3.8) is 0 Å². The Balaban J connectivity index is 1.30. The Hall–Kier alpha value is -0.0500. The summed E-state index contributed by atoms with van der Waals surface area (Å²) in [5, 5.41) is 22.2. The van der Waals surface area contributed by atoms with Gasteiger partial charge in [0.1, 0.15) is 12.2 Å². The van der Waals surface area contributed by atoms with Crippen LogP contribution in [-0.4, -0.2) is 91.7 Å². The minimum absolute atomic E-state index is 0.0829. The van der Waals surface area contributed by atoms with Gasteiger partial charge in [-0.05, 0) is 93.3 Å². The first-order valence-electron chi connectivity index (χ1n) is 22.8. The molecule has 9 heteroatoms. The molecule has 0 aromatic heterocycles. The molecular weight excluding hydrogens is 687 g/mol. The zero-order valence-electron chi connectivity index (χ0n) is 34.4. The molecule has 5 rings (SSSR count). The Labute approximate surface area is 324 Å². The van der Waals surface area contributed by atoms with Crippen LogP contribution in [0.25, 0.3) is 0 Å². The van der Waals surface area contributed by atoms with Crippen molar-refractivity contribution in [1.29, 1.82) is 0 Å². The lowest BCUT2D eigenvalue weighted by atomic mass is 9.67. The van der Waals surface area contributed by atoms with Crippen molar-refractivity contribution in [1.82, 2.24) is 0 Å². The van der Waals surface area contributed by atoms with Gasteiger partial charge >= 0.3 is 0 Å². The molecule has 0 amide bonds. The summed E-state index contributed by atoms with van der Waals surface area (Å²) in [6.45, 7) is 11.2. The highest BCUT2D eigenvalue weighted by Gasteiger charge is 2.61. The molecule has 5 aliphatic rings. The van der Waals surface area contributed by atoms with Gasteiger partial charge in [0.05, 0.1) is 50.4 Å². The molecule has 1 saturated heterocycles. The number of hydrogen-bond acceptors (Lipinski definition) is 8. The maximum Gasteiger partial charge on any atom is 0.212 e. The van der Waals surface area contributed by atoms with E-state index in [1.807, 2.05) is 0 Å². The van der Waals surface area contributed by atoms with Gasteiger partial charge in [0.25, 0.3) is 0 Å². The Bertz CT molecular complexity index is 1060. The molecule has 14 unspecified atom stereocenters. The van der Waals surface area contributed by atoms with Crippen LogP contribution in [-0.2, 0) is 28.0 Å². The minimum Gasteiger partial charge on any atom is -0.388 e. The van der Waals surface area contributed by atoms with E-state index in [2.05, 4.69) is 27.7 Å². The van der Waals surface area contributed by atoms with E-state index in [0.29, 0.717) is 43.3 Å². The van der Waals surface area contributed by atoms with Crippen molar-refractivity contribution in [2.45, 2.75) is 204 Å². The molecule has 4 saturated carbocycles. The fourth-order valence-corrected chi connectivity index (χ4v) is 15.4. The molecule has 1 aliphatic heterocycles. The summed E-state index contributed by atoms with van der Waals surface area (Å²) in [6, 6.07) is 0. The number of hydrogen-bond donors (Lipinski definition) is 2. The molecular formula is C44H81O8P. The first-order chi connectivity index (χ1) is 25.8. The van der Waals surface area contributed by atoms with Crippen molar-refractivity contribution >= 4 is 7.37 Å². The van der Waals surface area contributed by atoms with Crippen LogP contribution < -0.4 is 0 Å². The number of fused-ring (bicyclic) bond motifs is 4. The van der Waals surface area contributed by atoms with Crippen LogP contribution in [0.3, 0.4) is 0 Å². The van der Waals surface area contributed by atoms with Gasteiger partial charge in [-0.1, -0.05) is 105 Å². The van der Waals surface area contributed by atoms with Crippen LogP contribution in [0.4, 0.5) is 0 Å². The van der Waals surface area contributed by atoms with Crippen molar-refractivity contribution in [3.8, 4) is 0 Å². The highest BCUT2D eigenvalue weighted by atomic mass is 31.2. The Morgan fingerprint density at radius 1 is 0.604 bits per heavy atom. The predicted octanol–water partition coefficient (Wildman–Crippen LogP) is 9.95. The third-order valence-corrected chi connectivity index (χ3v) is 17.9. The third-order valence-electron chi connectivity index (χ3n) is 14.3. The maximum atomic E-state index is 16.0. The number of aliphatic hydroxyl groups excluding tert-OH is 2. The Morgan fingerprint density at radius 2 is 1.13 bits per heavy atom. The highest BCUT2D eigenvalue weighted by molar-refractivity contribution is 7.60. The lowest BCUT2D eigenvalue weighted by molar-refractivity contribution is -0.141. The summed E-state index contributed by atoms with van der Waals surface area (Å²) in [7, 11) is -3.17. The Morgan fingerprint density at radius 3 is 1.74 bits per heavy atom. The zero-order valence-corrected chi connectivity index (χ0v) is 35.3. The van der Waals surface area contributed by atoms with Gasteiger partial charge < -0.3 is 33.7 Å². The van der Waals surface area contributed by atoms with Crippen LogP contribution in [0.15, 0.2) is 0 Å². The van der Waals surface area contributed by atoms with Crippen LogP contribution in [0.1, 0.15) is 163 Å². The molecule has 0 radical (unpaired) electrons.